The van der Waals surface area contributed by atoms with Crippen LogP contribution in [0.1, 0.15) is 5.56 Å². The van der Waals surface area contributed by atoms with Crippen LogP contribution in [0.25, 0.3) is 0 Å². The van der Waals surface area contributed by atoms with Crippen LogP contribution in [0.4, 0.5) is 0 Å². The van der Waals surface area contributed by atoms with E-state index in [2.05, 4.69) is 24.0 Å². The SMILES string of the molecule is C=CCNCCc1cccc(OC)c1. The predicted molar refractivity (Wildman–Crippen MR) is 59.8 cm³/mol. The van der Waals surface area contributed by atoms with Gasteiger partial charge in [-0.2, -0.15) is 0 Å². The van der Waals surface area contributed by atoms with E-state index in [9.17, 15) is 0 Å². The highest BCUT2D eigenvalue weighted by molar-refractivity contribution is 5.28. The number of benzene rings is 1. The minimum Gasteiger partial charge on any atom is -0.497 e. The van der Waals surface area contributed by atoms with Crippen LogP contribution in [0.5, 0.6) is 5.75 Å². The second kappa shape index (κ2) is 6.22. The Labute approximate surface area is 85.6 Å². The highest BCUT2D eigenvalue weighted by Gasteiger charge is 1.94. The van der Waals surface area contributed by atoms with Crippen LogP contribution >= 0.6 is 0 Å². The first-order valence-electron chi connectivity index (χ1n) is 4.81. The lowest BCUT2D eigenvalue weighted by Gasteiger charge is -2.04. The second-order valence-corrected chi connectivity index (χ2v) is 3.09. The van der Waals surface area contributed by atoms with E-state index in [1.54, 1.807) is 7.11 Å². The Morgan fingerprint density at radius 1 is 1.50 bits per heavy atom. The molecule has 0 heterocycles. The van der Waals surface area contributed by atoms with Crippen LogP contribution < -0.4 is 10.1 Å². The Kier molecular flexibility index (Phi) is 4.79. The van der Waals surface area contributed by atoms with Crippen LogP contribution in [0, 0.1) is 0 Å². The zero-order valence-corrected chi connectivity index (χ0v) is 8.62. The number of rotatable bonds is 6. The molecular formula is C12H17NO. The van der Waals surface area contributed by atoms with E-state index >= 15 is 0 Å². The van der Waals surface area contributed by atoms with Crippen molar-refractivity contribution in [2.24, 2.45) is 0 Å². The van der Waals surface area contributed by atoms with E-state index in [1.165, 1.54) is 5.56 Å². The monoisotopic (exact) mass is 191 g/mol. The molecule has 0 fully saturated rings. The maximum atomic E-state index is 5.15. The Morgan fingerprint density at radius 2 is 2.36 bits per heavy atom. The smallest absolute Gasteiger partial charge is 0.119 e. The largest absolute Gasteiger partial charge is 0.497 e. The fourth-order valence-electron chi connectivity index (χ4n) is 1.26. The summed E-state index contributed by atoms with van der Waals surface area (Å²) >= 11 is 0. The summed E-state index contributed by atoms with van der Waals surface area (Å²) < 4.78 is 5.15. The number of nitrogens with one attached hydrogen (secondary N) is 1. The molecule has 0 radical (unpaired) electrons. The molecule has 0 saturated carbocycles. The van der Waals surface area contributed by atoms with Gasteiger partial charge in [-0.15, -0.1) is 6.58 Å². The summed E-state index contributed by atoms with van der Waals surface area (Å²) in [4.78, 5) is 0. The molecule has 1 N–H and O–H groups in total. The molecule has 0 unspecified atom stereocenters. The molecule has 0 aliphatic rings. The average molecular weight is 191 g/mol. The van der Waals surface area contributed by atoms with Crippen molar-refractivity contribution in [3.05, 3.63) is 42.5 Å². The molecule has 76 valence electrons. The van der Waals surface area contributed by atoms with Gasteiger partial charge in [-0.25, -0.2) is 0 Å². The molecule has 1 aromatic rings. The first kappa shape index (κ1) is 10.8. The van der Waals surface area contributed by atoms with Gasteiger partial charge in [0.15, 0.2) is 0 Å². The highest BCUT2D eigenvalue weighted by atomic mass is 16.5. The van der Waals surface area contributed by atoms with Gasteiger partial charge in [-0.3, -0.25) is 0 Å². The van der Waals surface area contributed by atoms with Crippen molar-refractivity contribution in [3.8, 4) is 5.75 Å². The Balaban J connectivity index is 2.38. The Bertz CT molecular complexity index is 283. The van der Waals surface area contributed by atoms with E-state index < -0.39 is 0 Å². The predicted octanol–water partition coefficient (Wildman–Crippen LogP) is 2.01. The van der Waals surface area contributed by atoms with Crippen molar-refractivity contribution in [2.45, 2.75) is 6.42 Å². The lowest BCUT2D eigenvalue weighted by molar-refractivity contribution is 0.414. The lowest BCUT2D eigenvalue weighted by Crippen LogP contribution is -2.16. The third-order valence-electron chi connectivity index (χ3n) is 2.01. The summed E-state index contributed by atoms with van der Waals surface area (Å²) in [6, 6.07) is 8.15. The van der Waals surface area contributed by atoms with Gasteiger partial charge in [-0.1, -0.05) is 18.2 Å². The van der Waals surface area contributed by atoms with E-state index in [0.717, 1.165) is 25.3 Å². The normalized spacial score (nSPS) is 9.79. The first-order valence-corrected chi connectivity index (χ1v) is 4.81. The number of hydrogen-bond acceptors (Lipinski definition) is 2. The molecule has 0 atom stereocenters. The summed E-state index contributed by atoms with van der Waals surface area (Å²) in [5.74, 6) is 0.922. The summed E-state index contributed by atoms with van der Waals surface area (Å²) in [7, 11) is 1.69. The molecule has 0 amide bonds. The first-order chi connectivity index (χ1) is 6.86. The van der Waals surface area contributed by atoms with Crippen LogP contribution in [-0.4, -0.2) is 20.2 Å². The van der Waals surface area contributed by atoms with E-state index in [0.29, 0.717) is 0 Å². The van der Waals surface area contributed by atoms with Crippen molar-refractivity contribution < 1.29 is 4.74 Å². The Hall–Kier alpha value is -1.28. The minimum absolute atomic E-state index is 0.865. The molecule has 0 aromatic heterocycles. The standard InChI is InChI=1S/C12H17NO/c1-3-8-13-9-7-11-5-4-6-12(10-11)14-2/h3-6,10,13H,1,7-9H2,2H3. The van der Waals surface area contributed by atoms with Gasteiger partial charge >= 0.3 is 0 Å². The number of hydrogen-bond donors (Lipinski definition) is 1. The average Bonchev–Trinajstić information content (AvgIpc) is 2.25. The number of methoxy groups -OCH3 is 1. The molecule has 1 aromatic carbocycles. The van der Waals surface area contributed by atoms with Gasteiger partial charge in [0, 0.05) is 6.54 Å². The lowest BCUT2D eigenvalue weighted by atomic mass is 10.1. The van der Waals surface area contributed by atoms with Gasteiger partial charge in [0.2, 0.25) is 0 Å². The van der Waals surface area contributed by atoms with Gasteiger partial charge in [0.25, 0.3) is 0 Å². The quantitative estimate of drug-likeness (QED) is 0.548. The Morgan fingerprint density at radius 3 is 3.07 bits per heavy atom. The maximum absolute atomic E-state index is 5.15. The zero-order valence-electron chi connectivity index (χ0n) is 8.62. The molecule has 0 bridgehead atoms. The van der Waals surface area contributed by atoms with Gasteiger partial charge in [0.05, 0.1) is 7.11 Å². The zero-order chi connectivity index (χ0) is 10.2. The molecule has 1 rings (SSSR count). The molecule has 14 heavy (non-hydrogen) atoms. The molecule has 0 spiro atoms. The van der Waals surface area contributed by atoms with E-state index in [4.69, 9.17) is 4.74 Å². The fourth-order valence-corrected chi connectivity index (χ4v) is 1.26. The van der Waals surface area contributed by atoms with Gasteiger partial charge < -0.3 is 10.1 Å². The van der Waals surface area contributed by atoms with Crippen molar-refractivity contribution in [1.82, 2.24) is 5.32 Å². The molecule has 0 aliphatic carbocycles. The van der Waals surface area contributed by atoms with Crippen molar-refractivity contribution >= 4 is 0 Å². The second-order valence-electron chi connectivity index (χ2n) is 3.09. The van der Waals surface area contributed by atoms with E-state index in [-0.39, 0.29) is 0 Å². The molecule has 0 saturated heterocycles. The summed E-state index contributed by atoms with van der Waals surface area (Å²) in [6.45, 7) is 5.49. The highest BCUT2D eigenvalue weighted by Crippen LogP contribution is 2.12. The van der Waals surface area contributed by atoms with Gasteiger partial charge in [-0.05, 0) is 30.7 Å². The number of ether oxygens (including phenoxy) is 1. The molecule has 2 nitrogen and oxygen atoms in total. The maximum Gasteiger partial charge on any atom is 0.119 e. The van der Waals surface area contributed by atoms with Crippen LogP contribution in [0.3, 0.4) is 0 Å². The topological polar surface area (TPSA) is 21.3 Å². The summed E-state index contributed by atoms with van der Waals surface area (Å²) in [5, 5.41) is 3.26. The van der Waals surface area contributed by atoms with Crippen molar-refractivity contribution in [3.63, 3.8) is 0 Å². The van der Waals surface area contributed by atoms with Crippen LogP contribution in [0.15, 0.2) is 36.9 Å². The van der Waals surface area contributed by atoms with Crippen molar-refractivity contribution in [2.75, 3.05) is 20.2 Å². The van der Waals surface area contributed by atoms with E-state index in [1.807, 2.05) is 18.2 Å². The third-order valence-corrected chi connectivity index (χ3v) is 2.01. The summed E-state index contributed by atoms with van der Waals surface area (Å²) in [5.41, 5.74) is 1.29. The molecule has 0 aliphatic heterocycles. The molecule has 2 heteroatoms. The fraction of sp³-hybridized carbons (Fsp3) is 0.333. The van der Waals surface area contributed by atoms with Crippen LogP contribution in [0.2, 0.25) is 0 Å². The van der Waals surface area contributed by atoms with Crippen LogP contribution in [-0.2, 0) is 6.42 Å². The van der Waals surface area contributed by atoms with Gasteiger partial charge in [0.1, 0.15) is 5.75 Å². The van der Waals surface area contributed by atoms with Crippen molar-refractivity contribution in [1.29, 1.82) is 0 Å². The minimum atomic E-state index is 0.865. The third kappa shape index (κ3) is 3.62. The molecular weight excluding hydrogens is 174 g/mol. The summed E-state index contributed by atoms with van der Waals surface area (Å²) in [6.07, 6.45) is 2.89.